The van der Waals surface area contributed by atoms with E-state index < -0.39 is 0 Å². The highest BCUT2D eigenvalue weighted by molar-refractivity contribution is 7.80. The molecule has 2 rings (SSSR count). The van der Waals surface area contributed by atoms with Gasteiger partial charge in [-0.25, -0.2) is 0 Å². The summed E-state index contributed by atoms with van der Waals surface area (Å²) in [5.74, 6) is 0.709. The van der Waals surface area contributed by atoms with Crippen molar-refractivity contribution >= 4 is 17.4 Å². The van der Waals surface area contributed by atoms with E-state index in [1.54, 1.807) is 17.0 Å². The zero-order valence-corrected chi connectivity index (χ0v) is 12.1. The molecule has 0 saturated carbocycles. The molecule has 0 saturated heterocycles. The largest absolute Gasteiger partial charge is 0.432 e. The number of hydrogen-bond donors (Lipinski definition) is 0. The number of nitriles is 1. The first-order chi connectivity index (χ1) is 9.60. The number of thiocarbonyl (C=S) groups is 1. The van der Waals surface area contributed by atoms with Gasteiger partial charge in [0, 0.05) is 14.1 Å². The lowest BCUT2D eigenvalue weighted by atomic mass is 10.0. The molecule has 0 heterocycles. The maximum Gasteiger partial charge on any atom is 0.264 e. The Morgan fingerprint density at radius 3 is 1.95 bits per heavy atom. The second kappa shape index (κ2) is 6.18. The van der Waals surface area contributed by atoms with Crippen molar-refractivity contribution in [3.05, 3.63) is 54.1 Å². The molecule has 0 amide bonds. The van der Waals surface area contributed by atoms with E-state index in [4.69, 9.17) is 22.2 Å². The molecule has 0 fully saturated rings. The van der Waals surface area contributed by atoms with Crippen LogP contribution in [0.1, 0.15) is 5.56 Å². The van der Waals surface area contributed by atoms with Gasteiger partial charge in [0.2, 0.25) is 0 Å². The maximum atomic E-state index is 8.78. The maximum absolute atomic E-state index is 8.78. The van der Waals surface area contributed by atoms with Crippen LogP contribution in [0.2, 0.25) is 0 Å². The van der Waals surface area contributed by atoms with Gasteiger partial charge < -0.3 is 9.64 Å². The minimum absolute atomic E-state index is 0.427. The molecule has 0 spiro atoms. The van der Waals surface area contributed by atoms with Gasteiger partial charge >= 0.3 is 0 Å². The van der Waals surface area contributed by atoms with E-state index in [9.17, 15) is 0 Å². The molecule has 0 aliphatic carbocycles. The van der Waals surface area contributed by atoms with Crippen LogP contribution >= 0.6 is 12.2 Å². The highest BCUT2D eigenvalue weighted by atomic mass is 32.1. The minimum Gasteiger partial charge on any atom is -0.432 e. The van der Waals surface area contributed by atoms with E-state index in [2.05, 4.69) is 6.07 Å². The van der Waals surface area contributed by atoms with Gasteiger partial charge in [0.15, 0.2) is 0 Å². The average molecular weight is 282 g/mol. The van der Waals surface area contributed by atoms with Crippen LogP contribution in [-0.2, 0) is 0 Å². The quantitative estimate of drug-likeness (QED) is 0.790. The van der Waals surface area contributed by atoms with Crippen molar-refractivity contribution in [1.29, 1.82) is 5.26 Å². The molecule has 0 N–H and O–H groups in total. The van der Waals surface area contributed by atoms with Crippen LogP contribution in [0.25, 0.3) is 11.1 Å². The Morgan fingerprint density at radius 1 is 1.00 bits per heavy atom. The Morgan fingerprint density at radius 2 is 1.50 bits per heavy atom. The fourth-order valence-electron chi connectivity index (χ4n) is 1.64. The van der Waals surface area contributed by atoms with Gasteiger partial charge in [0.05, 0.1) is 11.6 Å². The Labute approximate surface area is 124 Å². The van der Waals surface area contributed by atoms with Gasteiger partial charge in [0.25, 0.3) is 5.17 Å². The Bertz CT molecular complexity index is 640. The van der Waals surface area contributed by atoms with Crippen LogP contribution in [0.4, 0.5) is 0 Å². The van der Waals surface area contributed by atoms with Crippen molar-refractivity contribution in [2.75, 3.05) is 14.1 Å². The van der Waals surface area contributed by atoms with E-state index >= 15 is 0 Å². The first kappa shape index (κ1) is 14.0. The normalized spacial score (nSPS) is 9.65. The summed E-state index contributed by atoms with van der Waals surface area (Å²) in [5, 5.41) is 9.21. The standard InChI is InChI=1S/C16H14N2OS/c1-18(2)16(20)19-15-9-7-14(8-10-15)13-5-3-12(11-17)4-6-13/h3-10H,1-2H3. The molecule has 0 atom stereocenters. The fourth-order valence-corrected chi connectivity index (χ4v) is 1.74. The third-order valence-electron chi connectivity index (χ3n) is 2.77. The molecule has 20 heavy (non-hydrogen) atoms. The zero-order valence-electron chi connectivity index (χ0n) is 11.3. The Kier molecular flexibility index (Phi) is 4.34. The van der Waals surface area contributed by atoms with Gasteiger partial charge in [0.1, 0.15) is 5.75 Å². The molecule has 2 aromatic carbocycles. The summed E-state index contributed by atoms with van der Waals surface area (Å²) < 4.78 is 5.52. The Hall–Kier alpha value is -2.38. The monoisotopic (exact) mass is 282 g/mol. The topological polar surface area (TPSA) is 36.3 Å². The number of hydrogen-bond acceptors (Lipinski definition) is 3. The summed E-state index contributed by atoms with van der Waals surface area (Å²) in [4.78, 5) is 1.74. The van der Waals surface area contributed by atoms with Crippen molar-refractivity contribution < 1.29 is 4.74 Å². The molecule has 2 aromatic rings. The van der Waals surface area contributed by atoms with Crippen LogP contribution in [0.3, 0.4) is 0 Å². The lowest BCUT2D eigenvalue weighted by molar-refractivity contribution is 0.449. The fraction of sp³-hybridized carbons (Fsp3) is 0.125. The van der Waals surface area contributed by atoms with Crippen LogP contribution in [-0.4, -0.2) is 24.2 Å². The van der Waals surface area contributed by atoms with Crippen molar-refractivity contribution in [3.63, 3.8) is 0 Å². The van der Waals surface area contributed by atoms with Crippen molar-refractivity contribution in [1.82, 2.24) is 4.90 Å². The third-order valence-corrected chi connectivity index (χ3v) is 3.22. The van der Waals surface area contributed by atoms with Crippen LogP contribution in [0.5, 0.6) is 5.75 Å². The first-order valence-electron chi connectivity index (χ1n) is 6.10. The summed E-state index contributed by atoms with van der Waals surface area (Å²) in [6, 6.07) is 17.3. The van der Waals surface area contributed by atoms with E-state index in [1.807, 2.05) is 50.5 Å². The molecule has 0 unspecified atom stereocenters. The highest BCUT2D eigenvalue weighted by Crippen LogP contribution is 2.23. The molecule has 3 nitrogen and oxygen atoms in total. The molecule has 0 bridgehead atoms. The van der Waals surface area contributed by atoms with Crippen molar-refractivity contribution in [2.24, 2.45) is 0 Å². The van der Waals surface area contributed by atoms with Crippen LogP contribution in [0, 0.1) is 11.3 Å². The summed E-state index contributed by atoms with van der Waals surface area (Å²) in [5.41, 5.74) is 2.79. The highest BCUT2D eigenvalue weighted by Gasteiger charge is 2.03. The van der Waals surface area contributed by atoms with Gasteiger partial charge in [-0.2, -0.15) is 5.26 Å². The second-order valence-electron chi connectivity index (χ2n) is 4.48. The number of nitrogens with zero attached hydrogens (tertiary/aromatic N) is 2. The predicted octanol–water partition coefficient (Wildman–Crippen LogP) is 3.45. The SMILES string of the molecule is CN(C)C(=S)Oc1ccc(-c2ccc(C#N)cc2)cc1. The molecule has 100 valence electrons. The smallest absolute Gasteiger partial charge is 0.264 e. The second-order valence-corrected chi connectivity index (χ2v) is 4.83. The summed E-state index contributed by atoms with van der Waals surface area (Å²) in [6.07, 6.45) is 0. The van der Waals surface area contributed by atoms with Gasteiger partial charge in [-0.3, -0.25) is 0 Å². The number of rotatable bonds is 2. The van der Waals surface area contributed by atoms with Crippen molar-refractivity contribution in [3.8, 4) is 22.9 Å². The summed E-state index contributed by atoms with van der Waals surface area (Å²) in [7, 11) is 3.68. The molecule has 0 radical (unpaired) electrons. The van der Waals surface area contributed by atoms with Gasteiger partial charge in [-0.05, 0) is 47.6 Å². The first-order valence-corrected chi connectivity index (χ1v) is 6.50. The van der Waals surface area contributed by atoms with E-state index in [1.165, 1.54) is 0 Å². The predicted molar refractivity (Wildman–Crippen MR) is 83.5 cm³/mol. The van der Waals surface area contributed by atoms with E-state index in [0.717, 1.165) is 11.1 Å². The summed E-state index contributed by atoms with van der Waals surface area (Å²) in [6.45, 7) is 0. The van der Waals surface area contributed by atoms with Crippen LogP contribution in [0.15, 0.2) is 48.5 Å². The number of ether oxygens (including phenoxy) is 1. The molecular weight excluding hydrogens is 268 g/mol. The zero-order chi connectivity index (χ0) is 14.5. The van der Waals surface area contributed by atoms with Gasteiger partial charge in [-0.1, -0.05) is 24.3 Å². The lowest BCUT2D eigenvalue weighted by Crippen LogP contribution is -2.24. The van der Waals surface area contributed by atoms with Crippen molar-refractivity contribution in [2.45, 2.75) is 0 Å². The Balaban J connectivity index is 2.15. The minimum atomic E-state index is 0.427. The van der Waals surface area contributed by atoms with E-state index in [0.29, 0.717) is 16.5 Å². The van der Waals surface area contributed by atoms with E-state index in [-0.39, 0.29) is 0 Å². The average Bonchev–Trinajstić information content (AvgIpc) is 2.48. The summed E-state index contributed by atoms with van der Waals surface area (Å²) >= 11 is 5.09. The molecular formula is C16H14N2OS. The molecule has 4 heteroatoms. The van der Waals surface area contributed by atoms with Gasteiger partial charge in [-0.15, -0.1) is 0 Å². The molecule has 0 aliphatic rings. The number of benzene rings is 2. The lowest BCUT2D eigenvalue weighted by Gasteiger charge is -2.14. The molecule has 0 aromatic heterocycles. The van der Waals surface area contributed by atoms with Crippen LogP contribution < -0.4 is 4.74 Å². The third kappa shape index (κ3) is 3.34. The molecule has 0 aliphatic heterocycles.